The molecule has 3 fully saturated rings. The molecule has 1 aromatic carbocycles. The fourth-order valence-electron chi connectivity index (χ4n) is 6.12. The third kappa shape index (κ3) is 6.07. The van der Waals surface area contributed by atoms with E-state index in [0.29, 0.717) is 57.4 Å². The fraction of sp³-hybridized carbons (Fsp3) is 0.714. The van der Waals surface area contributed by atoms with E-state index in [4.69, 9.17) is 0 Å². The molecular formula is C28H40F3N3O3. The molecule has 0 saturated carbocycles. The number of rotatable bonds is 6. The van der Waals surface area contributed by atoms with Crippen LogP contribution in [0.25, 0.3) is 0 Å². The van der Waals surface area contributed by atoms with E-state index in [-0.39, 0.29) is 23.3 Å². The Kier molecular flexibility index (Phi) is 8.12. The minimum atomic E-state index is -4.43. The van der Waals surface area contributed by atoms with Crippen molar-refractivity contribution in [2.75, 3.05) is 44.2 Å². The molecule has 1 aromatic rings. The van der Waals surface area contributed by atoms with Crippen molar-refractivity contribution in [1.29, 1.82) is 0 Å². The van der Waals surface area contributed by atoms with Gasteiger partial charge in [0.1, 0.15) is 0 Å². The van der Waals surface area contributed by atoms with Gasteiger partial charge in [0.15, 0.2) is 0 Å². The van der Waals surface area contributed by atoms with Crippen molar-refractivity contribution in [2.45, 2.75) is 76.9 Å². The van der Waals surface area contributed by atoms with Crippen LogP contribution in [0.4, 0.5) is 18.9 Å². The van der Waals surface area contributed by atoms with Crippen molar-refractivity contribution in [3.05, 3.63) is 29.3 Å². The number of amides is 1. The van der Waals surface area contributed by atoms with Gasteiger partial charge in [-0.2, -0.15) is 13.2 Å². The summed E-state index contributed by atoms with van der Waals surface area (Å²) in [6, 6.07) is 3.96. The second-order valence-electron chi connectivity index (χ2n) is 11.6. The molecule has 3 aliphatic heterocycles. The SMILES string of the molecule is CCC(C)(C)N1CCC(C(=O)N2CCC(c3cc(C(F)(F)F)ccc3N3CCC(C(=O)O)CC3)CC2)C1. The summed E-state index contributed by atoms with van der Waals surface area (Å²) in [7, 11) is 0. The highest BCUT2D eigenvalue weighted by Gasteiger charge is 2.39. The molecule has 3 saturated heterocycles. The first kappa shape index (κ1) is 27.7. The zero-order chi connectivity index (χ0) is 27.0. The number of likely N-dealkylation sites (tertiary alicyclic amines) is 2. The normalized spacial score (nSPS) is 23.0. The van der Waals surface area contributed by atoms with Gasteiger partial charge in [0.2, 0.25) is 5.91 Å². The Balaban J connectivity index is 1.45. The molecule has 206 valence electrons. The van der Waals surface area contributed by atoms with Crippen molar-refractivity contribution in [1.82, 2.24) is 9.80 Å². The number of carbonyl (C=O) groups is 2. The van der Waals surface area contributed by atoms with Crippen LogP contribution in [0.2, 0.25) is 0 Å². The van der Waals surface area contributed by atoms with Crippen molar-refractivity contribution < 1.29 is 27.9 Å². The van der Waals surface area contributed by atoms with Crippen molar-refractivity contribution in [3.8, 4) is 0 Å². The van der Waals surface area contributed by atoms with Crippen LogP contribution in [0, 0.1) is 11.8 Å². The van der Waals surface area contributed by atoms with Crippen LogP contribution >= 0.6 is 0 Å². The summed E-state index contributed by atoms with van der Waals surface area (Å²) in [5.41, 5.74) is 0.859. The van der Waals surface area contributed by atoms with Crippen LogP contribution in [0.3, 0.4) is 0 Å². The Morgan fingerprint density at radius 2 is 1.57 bits per heavy atom. The molecule has 1 atom stereocenters. The molecule has 0 spiro atoms. The smallest absolute Gasteiger partial charge is 0.416 e. The van der Waals surface area contributed by atoms with Gasteiger partial charge in [0, 0.05) is 44.0 Å². The third-order valence-electron chi connectivity index (χ3n) is 9.04. The van der Waals surface area contributed by atoms with Crippen molar-refractivity contribution in [2.24, 2.45) is 11.8 Å². The van der Waals surface area contributed by atoms with Crippen LogP contribution in [0.15, 0.2) is 18.2 Å². The molecule has 0 radical (unpaired) electrons. The second-order valence-corrected chi connectivity index (χ2v) is 11.6. The highest BCUT2D eigenvalue weighted by atomic mass is 19.4. The number of piperidine rings is 2. The Morgan fingerprint density at radius 3 is 2.14 bits per heavy atom. The van der Waals surface area contributed by atoms with Gasteiger partial charge in [0.25, 0.3) is 0 Å². The molecule has 1 N–H and O–H groups in total. The molecule has 9 heteroatoms. The van der Waals surface area contributed by atoms with Crippen LogP contribution in [-0.2, 0) is 15.8 Å². The summed E-state index contributed by atoms with van der Waals surface area (Å²) in [6.45, 7) is 10.4. The first-order valence-corrected chi connectivity index (χ1v) is 13.6. The zero-order valence-electron chi connectivity index (χ0n) is 22.2. The van der Waals surface area contributed by atoms with Gasteiger partial charge in [-0.3, -0.25) is 14.5 Å². The van der Waals surface area contributed by atoms with Gasteiger partial charge in [-0.15, -0.1) is 0 Å². The average molecular weight is 524 g/mol. The standard InChI is InChI=1S/C28H40F3N3O3/c1-4-27(2,3)34-16-11-21(18-34)25(35)33-14-7-19(8-15-33)23-17-22(28(29,30)31)5-6-24(23)32-12-9-20(10-13-32)26(36)37/h5-6,17,19-21H,4,7-16,18H2,1-3H3,(H,36,37). The molecule has 0 bridgehead atoms. The van der Waals surface area contributed by atoms with Gasteiger partial charge in [-0.25, -0.2) is 0 Å². The van der Waals surface area contributed by atoms with E-state index >= 15 is 0 Å². The highest BCUT2D eigenvalue weighted by Crippen LogP contribution is 2.41. The third-order valence-corrected chi connectivity index (χ3v) is 9.04. The van der Waals surface area contributed by atoms with Gasteiger partial charge in [0.05, 0.1) is 17.4 Å². The number of carboxylic acids is 1. The van der Waals surface area contributed by atoms with E-state index in [1.54, 1.807) is 6.07 Å². The molecule has 6 nitrogen and oxygen atoms in total. The first-order chi connectivity index (χ1) is 17.4. The molecule has 0 aromatic heterocycles. The maximum Gasteiger partial charge on any atom is 0.416 e. The molecule has 0 aliphatic carbocycles. The van der Waals surface area contributed by atoms with E-state index in [1.807, 2.05) is 9.80 Å². The van der Waals surface area contributed by atoms with Gasteiger partial charge >= 0.3 is 12.1 Å². The lowest BCUT2D eigenvalue weighted by molar-refractivity contribution is -0.142. The number of hydrogen-bond donors (Lipinski definition) is 1. The predicted molar refractivity (Wildman–Crippen MR) is 137 cm³/mol. The Hall–Kier alpha value is -2.29. The number of benzene rings is 1. The van der Waals surface area contributed by atoms with Crippen LogP contribution in [0.1, 0.15) is 76.3 Å². The predicted octanol–water partition coefficient (Wildman–Crippen LogP) is 5.22. The maximum atomic E-state index is 13.6. The van der Waals surface area contributed by atoms with Crippen molar-refractivity contribution in [3.63, 3.8) is 0 Å². The summed E-state index contributed by atoms with van der Waals surface area (Å²) in [5, 5.41) is 9.32. The molecule has 4 rings (SSSR count). The Bertz CT molecular complexity index is 981. The van der Waals surface area contributed by atoms with Gasteiger partial charge in [-0.05, 0) is 88.6 Å². The quantitative estimate of drug-likeness (QED) is 0.554. The number of alkyl halides is 3. The van der Waals surface area contributed by atoms with E-state index in [2.05, 4.69) is 25.7 Å². The first-order valence-electron chi connectivity index (χ1n) is 13.6. The lowest BCUT2D eigenvalue weighted by atomic mass is 9.85. The fourth-order valence-corrected chi connectivity index (χ4v) is 6.12. The number of nitrogens with zero attached hydrogens (tertiary/aromatic N) is 3. The number of halogens is 3. The molecule has 1 unspecified atom stereocenters. The maximum absolute atomic E-state index is 13.6. The Morgan fingerprint density at radius 1 is 0.946 bits per heavy atom. The number of aliphatic carboxylic acids is 1. The average Bonchev–Trinajstić information content (AvgIpc) is 3.39. The van der Waals surface area contributed by atoms with E-state index < -0.39 is 23.6 Å². The highest BCUT2D eigenvalue weighted by molar-refractivity contribution is 5.79. The topological polar surface area (TPSA) is 64.1 Å². The Labute approximate surface area is 217 Å². The minimum Gasteiger partial charge on any atom is -0.481 e. The summed E-state index contributed by atoms with van der Waals surface area (Å²) in [5.74, 6) is -1.13. The number of hydrogen-bond acceptors (Lipinski definition) is 4. The summed E-state index contributed by atoms with van der Waals surface area (Å²) < 4.78 is 40.8. The van der Waals surface area contributed by atoms with Gasteiger partial charge in [-0.1, -0.05) is 6.92 Å². The molecule has 3 heterocycles. The lowest BCUT2D eigenvalue weighted by Gasteiger charge is -2.38. The lowest BCUT2D eigenvalue weighted by Crippen LogP contribution is -2.45. The van der Waals surface area contributed by atoms with Gasteiger partial charge < -0.3 is 14.9 Å². The molecular weight excluding hydrogens is 483 g/mol. The summed E-state index contributed by atoms with van der Waals surface area (Å²) in [6.07, 6.45) is -0.337. The van der Waals surface area contributed by atoms with E-state index in [9.17, 15) is 27.9 Å². The zero-order valence-corrected chi connectivity index (χ0v) is 22.2. The van der Waals surface area contributed by atoms with Crippen LogP contribution < -0.4 is 4.90 Å². The van der Waals surface area contributed by atoms with E-state index in [0.717, 1.165) is 37.7 Å². The largest absolute Gasteiger partial charge is 0.481 e. The van der Waals surface area contributed by atoms with E-state index in [1.165, 1.54) is 6.07 Å². The summed E-state index contributed by atoms with van der Waals surface area (Å²) >= 11 is 0. The minimum absolute atomic E-state index is 0.0120. The van der Waals surface area contributed by atoms with Crippen LogP contribution in [-0.4, -0.2) is 71.6 Å². The molecule has 3 aliphatic rings. The molecule has 1 amide bonds. The number of carboxylic acid groups (broad SMARTS) is 1. The number of carbonyl (C=O) groups excluding carboxylic acids is 1. The van der Waals surface area contributed by atoms with Crippen molar-refractivity contribution >= 4 is 17.6 Å². The number of anilines is 1. The van der Waals surface area contributed by atoms with Crippen LogP contribution in [0.5, 0.6) is 0 Å². The monoisotopic (exact) mass is 523 g/mol. The summed E-state index contributed by atoms with van der Waals surface area (Å²) in [4.78, 5) is 31.0. The molecule has 37 heavy (non-hydrogen) atoms. The second kappa shape index (κ2) is 10.8.